The van der Waals surface area contributed by atoms with E-state index in [-0.39, 0.29) is 12.5 Å². The Hall–Kier alpha value is -0.650. The summed E-state index contributed by atoms with van der Waals surface area (Å²) in [5.74, 6) is -0.0445. The molecule has 0 aromatic carbocycles. The van der Waals surface area contributed by atoms with Crippen molar-refractivity contribution in [2.45, 2.75) is 31.7 Å². The number of carbonyl (C=O) groups is 1. The molecule has 1 fully saturated rings. The molecule has 0 radical (unpaired) electrons. The fourth-order valence-electron chi connectivity index (χ4n) is 1.86. The SMILES string of the molecule is COCCCNC(=O)COCC1CCCCN1. The van der Waals surface area contributed by atoms with Crippen LogP contribution in [0.3, 0.4) is 0 Å². The maximum absolute atomic E-state index is 11.4. The Bertz CT molecular complexity index is 206. The maximum Gasteiger partial charge on any atom is 0.246 e. The zero-order valence-electron chi connectivity index (χ0n) is 10.7. The lowest BCUT2D eigenvalue weighted by molar-refractivity contribution is -0.126. The molecule has 0 aromatic rings. The number of hydrogen-bond acceptors (Lipinski definition) is 4. The second-order valence-corrected chi connectivity index (χ2v) is 4.36. The average Bonchev–Trinajstić information content (AvgIpc) is 2.36. The Morgan fingerprint density at radius 1 is 1.47 bits per heavy atom. The highest BCUT2D eigenvalue weighted by Gasteiger charge is 2.12. The predicted octanol–water partition coefficient (Wildman–Crippen LogP) is 0.298. The first-order chi connectivity index (χ1) is 8.33. The van der Waals surface area contributed by atoms with Crippen LogP contribution in [0, 0.1) is 0 Å². The molecule has 1 aliphatic heterocycles. The molecule has 0 saturated carbocycles. The summed E-state index contributed by atoms with van der Waals surface area (Å²) in [4.78, 5) is 11.4. The van der Waals surface area contributed by atoms with Crippen molar-refractivity contribution in [1.82, 2.24) is 10.6 Å². The summed E-state index contributed by atoms with van der Waals surface area (Å²) in [5.41, 5.74) is 0. The van der Waals surface area contributed by atoms with Crippen molar-refractivity contribution in [2.24, 2.45) is 0 Å². The van der Waals surface area contributed by atoms with Gasteiger partial charge in [-0.2, -0.15) is 0 Å². The molecule has 100 valence electrons. The minimum Gasteiger partial charge on any atom is -0.385 e. The van der Waals surface area contributed by atoms with Gasteiger partial charge in [-0.3, -0.25) is 4.79 Å². The number of amides is 1. The van der Waals surface area contributed by atoms with Gasteiger partial charge in [-0.15, -0.1) is 0 Å². The molecule has 1 unspecified atom stereocenters. The smallest absolute Gasteiger partial charge is 0.246 e. The van der Waals surface area contributed by atoms with E-state index in [0.717, 1.165) is 19.4 Å². The predicted molar refractivity (Wildman–Crippen MR) is 66.0 cm³/mol. The standard InChI is InChI=1S/C12H24N2O3/c1-16-8-4-7-14-12(15)10-17-9-11-5-2-3-6-13-11/h11,13H,2-10H2,1H3,(H,14,15). The van der Waals surface area contributed by atoms with Crippen LogP contribution in [0.4, 0.5) is 0 Å². The molecule has 1 saturated heterocycles. The largest absolute Gasteiger partial charge is 0.385 e. The number of methoxy groups -OCH3 is 1. The molecule has 0 bridgehead atoms. The van der Waals surface area contributed by atoms with Gasteiger partial charge in [-0.25, -0.2) is 0 Å². The molecule has 17 heavy (non-hydrogen) atoms. The van der Waals surface area contributed by atoms with Crippen molar-refractivity contribution in [3.05, 3.63) is 0 Å². The summed E-state index contributed by atoms with van der Waals surface area (Å²) in [6, 6.07) is 0.421. The normalized spacial score (nSPS) is 20.2. The first-order valence-electron chi connectivity index (χ1n) is 6.39. The van der Waals surface area contributed by atoms with Gasteiger partial charge in [0.1, 0.15) is 6.61 Å². The van der Waals surface area contributed by atoms with Crippen LogP contribution in [0.25, 0.3) is 0 Å². The van der Waals surface area contributed by atoms with Crippen LogP contribution in [0.15, 0.2) is 0 Å². The second-order valence-electron chi connectivity index (χ2n) is 4.36. The van der Waals surface area contributed by atoms with Crippen molar-refractivity contribution in [2.75, 3.05) is 40.0 Å². The highest BCUT2D eigenvalue weighted by atomic mass is 16.5. The van der Waals surface area contributed by atoms with E-state index in [0.29, 0.717) is 25.8 Å². The first-order valence-corrected chi connectivity index (χ1v) is 6.39. The van der Waals surface area contributed by atoms with Gasteiger partial charge < -0.3 is 20.1 Å². The monoisotopic (exact) mass is 244 g/mol. The topological polar surface area (TPSA) is 59.6 Å². The zero-order valence-corrected chi connectivity index (χ0v) is 10.7. The molecule has 1 rings (SSSR count). The van der Waals surface area contributed by atoms with E-state index in [2.05, 4.69) is 10.6 Å². The molecule has 1 atom stereocenters. The summed E-state index contributed by atoms with van der Waals surface area (Å²) in [6.45, 7) is 3.18. The molecule has 0 spiro atoms. The van der Waals surface area contributed by atoms with Crippen LogP contribution in [0.2, 0.25) is 0 Å². The summed E-state index contributed by atoms with van der Waals surface area (Å²) in [5, 5.41) is 6.17. The Labute approximate surface area is 103 Å². The lowest BCUT2D eigenvalue weighted by atomic mass is 10.1. The fourth-order valence-corrected chi connectivity index (χ4v) is 1.86. The summed E-state index contributed by atoms with van der Waals surface area (Å²) in [6.07, 6.45) is 4.49. The van der Waals surface area contributed by atoms with Crippen molar-refractivity contribution in [1.29, 1.82) is 0 Å². The second kappa shape index (κ2) is 9.39. The first kappa shape index (κ1) is 14.4. The molecular formula is C12H24N2O3. The number of piperidine rings is 1. The van der Waals surface area contributed by atoms with Crippen LogP contribution in [0.5, 0.6) is 0 Å². The van der Waals surface area contributed by atoms with E-state index in [1.165, 1.54) is 12.8 Å². The van der Waals surface area contributed by atoms with E-state index in [4.69, 9.17) is 9.47 Å². The van der Waals surface area contributed by atoms with Crippen molar-refractivity contribution in [3.63, 3.8) is 0 Å². The van der Waals surface area contributed by atoms with Gasteiger partial charge in [-0.1, -0.05) is 6.42 Å². The lowest BCUT2D eigenvalue weighted by Crippen LogP contribution is -2.39. The third-order valence-electron chi connectivity index (χ3n) is 2.81. The summed E-state index contributed by atoms with van der Waals surface area (Å²) < 4.78 is 10.3. The minimum absolute atomic E-state index is 0.0445. The summed E-state index contributed by atoms with van der Waals surface area (Å²) >= 11 is 0. The highest BCUT2D eigenvalue weighted by Crippen LogP contribution is 2.06. The Kier molecular flexibility index (Phi) is 7.96. The average molecular weight is 244 g/mol. The fraction of sp³-hybridized carbons (Fsp3) is 0.917. The van der Waals surface area contributed by atoms with Crippen LogP contribution in [-0.2, 0) is 14.3 Å². The van der Waals surface area contributed by atoms with Crippen LogP contribution >= 0.6 is 0 Å². The Morgan fingerprint density at radius 3 is 3.06 bits per heavy atom. The summed E-state index contributed by atoms with van der Waals surface area (Å²) in [7, 11) is 1.65. The maximum atomic E-state index is 11.4. The van der Waals surface area contributed by atoms with E-state index in [1.54, 1.807) is 7.11 Å². The quantitative estimate of drug-likeness (QED) is 0.603. The third kappa shape index (κ3) is 7.31. The molecule has 0 aliphatic carbocycles. The third-order valence-corrected chi connectivity index (χ3v) is 2.81. The molecule has 1 amide bonds. The van der Waals surface area contributed by atoms with Crippen LogP contribution < -0.4 is 10.6 Å². The molecule has 5 nitrogen and oxygen atoms in total. The zero-order chi connectivity index (χ0) is 12.3. The molecule has 5 heteroatoms. The van der Waals surface area contributed by atoms with Gasteiger partial charge in [-0.05, 0) is 25.8 Å². The van der Waals surface area contributed by atoms with Gasteiger partial charge in [0.15, 0.2) is 0 Å². The van der Waals surface area contributed by atoms with E-state index in [1.807, 2.05) is 0 Å². The lowest BCUT2D eigenvalue weighted by Gasteiger charge is -2.22. The molecule has 0 aromatic heterocycles. The Balaban J connectivity index is 1.92. The van der Waals surface area contributed by atoms with E-state index < -0.39 is 0 Å². The van der Waals surface area contributed by atoms with Crippen molar-refractivity contribution >= 4 is 5.91 Å². The van der Waals surface area contributed by atoms with Crippen molar-refractivity contribution < 1.29 is 14.3 Å². The number of nitrogens with one attached hydrogen (secondary N) is 2. The number of hydrogen-bond donors (Lipinski definition) is 2. The molecular weight excluding hydrogens is 220 g/mol. The Morgan fingerprint density at radius 2 is 2.35 bits per heavy atom. The van der Waals surface area contributed by atoms with Crippen molar-refractivity contribution in [3.8, 4) is 0 Å². The number of rotatable bonds is 8. The van der Waals surface area contributed by atoms with Gasteiger partial charge in [0.2, 0.25) is 5.91 Å². The molecule has 2 N–H and O–H groups in total. The molecule has 1 aliphatic rings. The van der Waals surface area contributed by atoms with Gasteiger partial charge >= 0.3 is 0 Å². The highest BCUT2D eigenvalue weighted by molar-refractivity contribution is 5.77. The van der Waals surface area contributed by atoms with E-state index in [9.17, 15) is 4.79 Å². The number of ether oxygens (including phenoxy) is 2. The van der Waals surface area contributed by atoms with Gasteiger partial charge in [0.25, 0.3) is 0 Å². The van der Waals surface area contributed by atoms with Crippen LogP contribution in [-0.4, -0.2) is 52.0 Å². The number of carbonyl (C=O) groups excluding carboxylic acids is 1. The van der Waals surface area contributed by atoms with Gasteiger partial charge in [0.05, 0.1) is 6.61 Å². The minimum atomic E-state index is -0.0445. The van der Waals surface area contributed by atoms with E-state index >= 15 is 0 Å². The van der Waals surface area contributed by atoms with Crippen LogP contribution in [0.1, 0.15) is 25.7 Å². The van der Waals surface area contributed by atoms with Gasteiger partial charge in [0, 0.05) is 26.3 Å². The molecule has 1 heterocycles.